The second-order valence-electron chi connectivity index (χ2n) is 5.41. The van der Waals surface area contributed by atoms with Gasteiger partial charge in [0.05, 0.1) is 11.8 Å². The maximum atomic E-state index is 11.8. The predicted octanol–water partition coefficient (Wildman–Crippen LogP) is 3.22. The highest BCUT2D eigenvalue weighted by atomic mass is 16.6. The first-order valence-corrected chi connectivity index (χ1v) is 7.03. The van der Waals surface area contributed by atoms with Crippen LogP contribution in [-0.4, -0.2) is 11.9 Å². The lowest BCUT2D eigenvalue weighted by Gasteiger charge is -2.22. The van der Waals surface area contributed by atoms with Crippen molar-refractivity contribution in [2.45, 2.75) is 64.2 Å². The summed E-state index contributed by atoms with van der Waals surface area (Å²) < 4.78 is 5.05. The van der Waals surface area contributed by atoms with Crippen LogP contribution in [0.25, 0.3) is 0 Å². The highest BCUT2D eigenvalue weighted by molar-refractivity contribution is 5.87. The summed E-state index contributed by atoms with van der Waals surface area (Å²) >= 11 is 0. The highest BCUT2D eigenvalue weighted by Gasteiger charge is 2.28. The Kier molecular flexibility index (Phi) is 4.57. The second kappa shape index (κ2) is 6.18. The van der Waals surface area contributed by atoms with Gasteiger partial charge in [0.25, 0.3) is 0 Å². The molecule has 3 heteroatoms. The number of hydrogen-bond donors (Lipinski definition) is 0. The van der Waals surface area contributed by atoms with Gasteiger partial charge in [-0.15, -0.1) is 0 Å². The van der Waals surface area contributed by atoms with Crippen molar-refractivity contribution in [2.24, 2.45) is 11.8 Å². The van der Waals surface area contributed by atoms with Gasteiger partial charge in [-0.05, 0) is 25.7 Å². The minimum Gasteiger partial charge on any atom is -0.393 e. The van der Waals surface area contributed by atoms with Crippen molar-refractivity contribution in [3.63, 3.8) is 0 Å². The molecule has 0 bridgehead atoms. The molecule has 0 aliphatic heterocycles. The average molecular weight is 238 g/mol. The van der Waals surface area contributed by atoms with Crippen molar-refractivity contribution in [3.05, 3.63) is 0 Å². The Bertz CT molecular complexity index is 245. The van der Waals surface area contributed by atoms with Crippen molar-refractivity contribution < 1.29 is 14.3 Å². The smallest absolute Gasteiger partial charge is 0.316 e. The van der Waals surface area contributed by atoms with Gasteiger partial charge >= 0.3 is 11.9 Å². The normalized spacial score (nSPS) is 23.3. The second-order valence-corrected chi connectivity index (χ2v) is 5.41. The predicted molar refractivity (Wildman–Crippen MR) is 64.2 cm³/mol. The molecule has 0 radical (unpaired) electrons. The molecule has 2 saturated carbocycles. The third-order valence-electron chi connectivity index (χ3n) is 4.08. The first kappa shape index (κ1) is 12.6. The molecule has 0 spiro atoms. The zero-order chi connectivity index (χ0) is 12.1. The molecule has 0 unspecified atom stereocenters. The number of hydrogen-bond acceptors (Lipinski definition) is 3. The number of rotatable bonds is 2. The lowest BCUT2D eigenvalue weighted by molar-refractivity contribution is -0.166. The van der Waals surface area contributed by atoms with Gasteiger partial charge in [0.2, 0.25) is 0 Å². The van der Waals surface area contributed by atoms with Gasteiger partial charge < -0.3 is 4.74 Å². The van der Waals surface area contributed by atoms with Gasteiger partial charge in [-0.1, -0.05) is 38.5 Å². The van der Waals surface area contributed by atoms with Crippen LogP contribution in [-0.2, 0) is 14.3 Å². The first-order valence-electron chi connectivity index (χ1n) is 7.03. The van der Waals surface area contributed by atoms with Gasteiger partial charge in [-0.25, -0.2) is 0 Å². The molecule has 2 aliphatic rings. The Morgan fingerprint density at radius 3 is 1.35 bits per heavy atom. The van der Waals surface area contributed by atoms with Crippen molar-refractivity contribution in [2.75, 3.05) is 0 Å². The molecule has 0 atom stereocenters. The first-order chi connectivity index (χ1) is 8.27. The quantitative estimate of drug-likeness (QED) is 0.548. The molecule has 0 aromatic carbocycles. The Morgan fingerprint density at radius 1 is 0.647 bits per heavy atom. The van der Waals surface area contributed by atoms with Crippen LogP contribution >= 0.6 is 0 Å². The summed E-state index contributed by atoms with van der Waals surface area (Å²) in [6, 6.07) is 0. The minimum absolute atomic E-state index is 0.0173. The zero-order valence-electron chi connectivity index (χ0n) is 10.5. The molecule has 2 aliphatic carbocycles. The van der Waals surface area contributed by atoms with Crippen LogP contribution in [0.3, 0.4) is 0 Å². The van der Waals surface area contributed by atoms with E-state index in [1.165, 1.54) is 12.8 Å². The van der Waals surface area contributed by atoms with Crippen molar-refractivity contribution in [1.29, 1.82) is 0 Å². The number of carbonyl (C=O) groups is 2. The fourth-order valence-electron chi connectivity index (χ4n) is 2.94. The molecular weight excluding hydrogens is 216 g/mol. The Balaban J connectivity index is 1.78. The fourth-order valence-corrected chi connectivity index (χ4v) is 2.94. The molecule has 96 valence electrons. The number of ether oxygens (including phenoxy) is 1. The standard InChI is InChI=1S/C14H22O3/c15-13(11-7-3-1-4-8-11)17-14(16)12-9-5-2-6-10-12/h11-12H,1-10H2. The van der Waals surface area contributed by atoms with E-state index in [4.69, 9.17) is 4.74 Å². The summed E-state index contributed by atoms with van der Waals surface area (Å²) in [5.41, 5.74) is 0. The highest BCUT2D eigenvalue weighted by Crippen LogP contribution is 2.27. The summed E-state index contributed by atoms with van der Waals surface area (Å²) in [6.45, 7) is 0. The van der Waals surface area contributed by atoms with Gasteiger partial charge in [0.1, 0.15) is 0 Å². The Hall–Kier alpha value is -0.860. The van der Waals surface area contributed by atoms with Crippen LogP contribution in [0.2, 0.25) is 0 Å². The Morgan fingerprint density at radius 2 is 1.00 bits per heavy atom. The third-order valence-corrected chi connectivity index (χ3v) is 4.08. The molecule has 2 fully saturated rings. The summed E-state index contributed by atoms with van der Waals surface area (Å²) in [5, 5.41) is 0. The monoisotopic (exact) mass is 238 g/mol. The lowest BCUT2D eigenvalue weighted by atomic mass is 9.88. The van der Waals surface area contributed by atoms with E-state index >= 15 is 0 Å². The number of esters is 2. The third kappa shape index (κ3) is 3.55. The summed E-state index contributed by atoms with van der Waals surface area (Å²) in [5.74, 6) is -0.562. The van der Waals surface area contributed by atoms with Gasteiger partial charge in [0, 0.05) is 0 Å². The molecule has 0 aromatic heterocycles. The van der Waals surface area contributed by atoms with Crippen LogP contribution in [0.1, 0.15) is 64.2 Å². The Labute approximate surface area is 103 Å². The maximum absolute atomic E-state index is 11.8. The van der Waals surface area contributed by atoms with E-state index in [0.29, 0.717) is 0 Å². The van der Waals surface area contributed by atoms with E-state index in [2.05, 4.69) is 0 Å². The van der Waals surface area contributed by atoms with Gasteiger partial charge in [-0.2, -0.15) is 0 Å². The van der Waals surface area contributed by atoms with Crippen LogP contribution in [0.4, 0.5) is 0 Å². The fraction of sp³-hybridized carbons (Fsp3) is 0.857. The molecule has 0 amide bonds. The van der Waals surface area contributed by atoms with Crippen molar-refractivity contribution in [3.8, 4) is 0 Å². The maximum Gasteiger partial charge on any atom is 0.316 e. The SMILES string of the molecule is O=C(OC(=O)C1CCCCC1)C1CCCCC1. The summed E-state index contributed by atoms with van der Waals surface area (Å²) in [7, 11) is 0. The van der Waals surface area contributed by atoms with E-state index in [1.807, 2.05) is 0 Å². The molecule has 17 heavy (non-hydrogen) atoms. The van der Waals surface area contributed by atoms with Crippen LogP contribution in [0, 0.1) is 11.8 Å². The topological polar surface area (TPSA) is 43.4 Å². The van der Waals surface area contributed by atoms with E-state index in [-0.39, 0.29) is 23.8 Å². The van der Waals surface area contributed by atoms with E-state index in [9.17, 15) is 9.59 Å². The van der Waals surface area contributed by atoms with Gasteiger partial charge in [-0.3, -0.25) is 9.59 Å². The van der Waals surface area contributed by atoms with Crippen LogP contribution in [0.5, 0.6) is 0 Å². The molecule has 2 rings (SSSR count). The van der Waals surface area contributed by atoms with E-state index in [0.717, 1.165) is 51.4 Å². The largest absolute Gasteiger partial charge is 0.393 e. The molecular formula is C14H22O3. The van der Waals surface area contributed by atoms with E-state index < -0.39 is 0 Å². The summed E-state index contributed by atoms with van der Waals surface area (Å²) in [4.78, 5) is 23.6. The minimum atomic E-state index is -0.264. The molecule has 3 nitrogen and oxygen atoms in total. The van der Waals surface area contributed by atoms with E-state index in [1.54, 1.807) is 0 Å². The molecule has 0 N–H and O–H groups in total. The van der Waals surface area contributed by atoms with Crippen molar-refractivity contribution >= 4 is 11.9 Å². The summed E-state index contributed by atoms with van der Waals surface area (Å²) in [6.07, 6.45) is 10.4. The number of carbonyl (C=O) groups excluding carboxylic acids is 2. The van der Waals surface area contributed by atoms with Crippen molar-refractivity contribution in [1.82, 2.24) is 0 Å². The average Bonchev–Trinajstić information content (AvgIpc) is 2.40. The van der Waals surface area contributed by atoms with Crippen LogP contribution < -0.4 is 0 Å². The van der Waals surface area contributed by atoms with Crippen LogP contribution in [0.15, 0.2) is 0 Å². The molecule has 0 aromatic rings. The molecule has 0 saturated heterocycles. The van der Waals surface area contributed by atoms with Gasteiger partial charge in [0.15, 0.2) is 0 Å². The lowest BCUT2D eigenvalue weighted by Crippen LogP contribution is -2.28. The zero-order valence-corrected chi connectivity index (χ0v) is 10.5. The molecule has 0 heterocycles.